The Balaban J connectivity index is 1.91. The molecule has 2 unspecified atom stereocenters. The molecule has 0 aromatic carbocycles. The molecule has 2 rings (SSSR count). The lowest BCUT2D eigenvalue weighted by molar-refractivity contribution is -0.135. The number of likely N-dealkylation sites (tertiary alicyclic amines) is 1. The van der Waals surface area contributed by atoms with Crippen LogP contribution in [0.3, 0.4) is 0 Å². The van der Waals surface area contributed by atoms with Crippen LogP contribution >= 0.6 is 0 Å². The van der Waals surface area contributed by atoms with E-state index < -0.39 is 0 Å². The second kappa shape index (κ2) is 6.53. The number of hydrogen-bond acceptors (Lipinski definition) is 3. The quantitative estimate of drug-likeness (QED) is 0.814. The van der Waals surface area contributed by atoms with E-state index in [-0.39, 0.29) is 0 Å². The molecule has 2 atom stereocenters. The molecule has 4 nitrogen and oxygen atoms in total. The summed E-state index contributed by atoms with van der Waals surface area (Å²) in [7, 11) is 4.05. The summed E-state index contributed by atoms with van der Waals surface area (Å²) >= 11 is 0. The molecule has 104 valence electrons. The van der Waals surface area contributed by atoms with Gasteiger partial charge in [0.15, 0.2) is 0 Å². The van der Waals surface area contributed by atoms with E-state index in [9.17, 15) is 4.79 Å². The minimum absolute atomic E-state index is 0.349. The topological polar surface area (TPSA) is 35.6 Å². The van der Waals surface area contributed by atoms with Gasteiger partial charge in [-0.25, -0.2) is 0 Å². The van der Waals surface area contributed by atoms with Gasteiger partial charge in [-0.05, 0) is 52.7 Å². The van der Waals surface area contributed by atoms with Crippen LogP contribution in [-0.4, -0.2) is 61.5 Å². The highest BCUT2D eigenvalue weighted by Gasteiger charge is 2.33. The van der Waals surface area contributed by atoms with E-state index in [0.717, 1.165) is 19.6 Å². The summed E-state index contributed by atoms with van der Waals surface area (Å²) in [5.41, 5.74) is 0. The third-order valence-electron chi connectivity index (χ3n) is 4.21. The molecule has 0 aromatic rings. The van der Waals surface area contributed by atoms with Crippen molar-refractivity contribution >= 4 is 5.91 Å². The summed E-state index contributed by atoms with van der Waals surface area (Å²) in [5, 5.41) is 3.57. The highest BCUT2D eigenvalue weighted by Crippen LogP contribution is 2.24. The van der Waals surface area contributed by atoms with Crippen molar-refractivity contribution in [2.45, 2.75) is 50.6 Å². The SMILES string of the molecule is CN(C)CCC(=O)N1CCCCC1C1CCCN1. The lowest BCUT2D eigenvalue weighted by Crippen LogP contribution is -2.52. The van der Waals surface area contributed by atoms with Crippen molar-refractivity contribution in [3.05, 3.63) is 0 Å². The normalized spacial score (nSPS) is 28.9. The van der Waals surface area contributed by atoms with Gasteiger partial charge in [-0.3, -0.25) is 4.79 Å². The number of carbonyl (C=O) groups excluding carboxylic acids is 1. The largest absolute Gasteiger partial charge is 0.338 e. The third-order valence-corrected chi connectivity index (χ3v) is 4.21. The molecule has 1 N–H and O–H groups in total. The van der Waals surface area contributed by atoms with E-state index in [4.69, 9.17) is 0 Å². The average molecular weight is 253 g/mol. The fraction of sp³-hybridized carbons (Fsp3) is 0.929. The lowest BCUT2D eigenvalue weighted by Gasteiger charge is -2.39. The van der Waals surface area contributed by atoms with Gasteiger partial charge in [0.05, 0.1) is 0 Å². The zero-order chi connectivity index (χ0) is 13.0. The maximum Gasteiger partial charge on any atom is 0.224 e. The minimum Gasteiger partial charge on any atom is -0.338 e. The zero-order valence-corrected chi connectivity index (χ0v) is 11.8. The van der Waals surface area contributed by atoms with Gasteiger partial charge in [0.25, 0.3) is 0 Å². The molecule has 2 aliphatic rings. The van der Waals surface area contributed by atoms with Gasteiger partial charge >= 0.3 is 0 Å². The Morgan fingerprint density at radius 1 is 1.28 bits per heavy atom. The minimum atomic E-state index is 0.349. The van der Waals surface area contributed by atoms with E-state index in [2.05, 4.69) is 15.1 Å². The molecule has 2 aliphatic heterocycles. The van der Waals surface area contributed by atoms with Crippen molar-refractivity contribution in [1.82, 2.24) is 15.1 Å². The molecule has 2 saturated heterocycles. The van der Waals surface area contributed by atoms with Gasteiger partial charge in [0.2, 0.25) is 5.91 Å². The van der Waals surface area contributed by atoms with Gasteiger partial charge in [0, 0.05) is 31.6 Å². The van der Waals surface area contributed by atoms with E-state index >= 15 is 0 Å². The molecule has 0 spiro atoms. The summed E-state index contributed by atoms with van der Waals surface area (Å²) in [6.07, 6.45) is 6.81. The van der Waals surface area contributed by atoms with Crippen LogP contribution in [0, 0.1) is 0 Å². The number of carbonyl (C=O) groups is 1. The fourth-order valence-electron chi connectivity index (χ4n) is 3.19. The van der Waals surface area contributed by atoms with Crippen LogP contribution in [-0.2, 0) is 4.79 Å². The molecular weight excluding hydrogens is 226 g/mol. The van der Waals surface area contributed by atoms with Crippen molar-refractivity contribution in [3.63, 3.8) is 0 Å². The van der Waals surface area contributed by atoms with Gasteiger partial charge in [0.1, 0.15) is 0 Å². The Hall–Kier alpha value is -0.610. The summed E-state index contributed by atoms with van der Waals surface area (Å²) < 4.78 is 0. The number of piperidine rings is 1. The van der Waals surface area contributed by atoms with Crippen molar-refractivity contribution in [3.8, 4) is 0 Å². The highest BCUT2D eigenvalue weighted by atomic mass is 16.2. The first-order chi connectivity index (χ1) is 8.68. The summed E-state index contributed by atoms with van der Waals surface area (Å²) in [6, 6.07) is 1.00. The van der Waals surface area contributed by atoms with Crippen molar-refractivity contribution < 1.29 is 4.79 Å². The second-order valence-electron chi connectivity index (χ2n) is 5.91. The van der Waals surface area contributed by atoms with E-state index in [0.29, 0.717) is 24.4 Å². The summed E-state index contributed by atoms with van der Waals surface area (Å²) in [5.74, 6) is 0.349. The Morgan fingerprint density at radius 2 is 2.11 bits per heavy atom. The van der Waals surface area contributed by atoms with Crippen molar-refractivity contribution in [2.75, 3.05) is 33.7 Å². The Morgan fingerprint density at radius 3 is 2.78 bits per heavy atom. The Labute approximate surface area is 111 Å². The first-order valence-corrected chi connectivity index (χ1v) is 7.36. The standard InChI is InChI=1S/C14H27N3O/c1-16(2)11-8-14(18)17-10-4-3-7-13(17)12-6-5-9-15-12/h12-13,15H,3-11H2,1-2H3. The maximum absolute atomic E-state index is 12.3. The molecule has 0 aliphatic carbocycles. The molecule has 0 radical (unpaired) electrons. The third kappa shape index (κ3) is 3.45. The monoisotopic (exact) mass is 253 g/mol. The lowest BCUT2D eigenvalue weighted by atomic mass is 9.94. The van der Waals surface area contributed by atoms with Gasteiger partial charge in [-0.2, -0.15) is 0 Å². The first-order valence-electron chi connectivity index (χ1n) is 7.36. The molecule has 2 fully saturated rings. The van der Waals surface area contributed by atoms with Crippen LogP contribution in [0.25, 0.3) is 0 Å². The average Bonchev–Trinajstić information content (AvgIpc) is 2.89. The van der Waals surface area contributed by atoms with Gasteiger partial charge in [-0.15, -0.1) is 0 Å². The zero-order valence-electron chi connectivity index (χ0n) is 11.8. The molecule has 18 heavy (non-hydrogen) atoms. The smallest absolute Gasteiger partial charge is 0.224 e. The maximum atomic E-state index is 12.3. The van der Waals surface area contributed by atoms with Crippen molar-refractivity contribution in [1.29, 1.82) is 0 Å². The fourth-order valence-corrected chi connectivity index (χ4v) is 3.19. The van der Waals surface area contributed by atoms with Gasteiger partial charge in [-0.1, -0.05) is 0 Å². The van der Waals surface area contributed by atoms with Crippen molar-refractivity contribution in [2.24, 2.45) is 0 Å². The van der Waals surface area contributed by atoms with Crippen LogP contribution in [0.1, 0.15) is 38.5 Å². The summed E-state index contributed by atoms with van der Waals surface area (Å²) in [6.45, 7) is 2.95. The predicted octanol–water partition coefficient (Wildman–Crippen LogP) is 1.07. The van der Waals surface area contributed by atoms with Crippen LogP contribution in [0.5, 0.6) is 0 Å². The second-order valence-corrected chi connectivity index (χ2v) is 5.91. The van der Waals surface area contributed by atoms with Crippen LogP contribution in [0.2, 0.25) is 0 Å². The van der Waals surface area contributed by atoms with E-state index in [1.54, 1.807) is 0 Å². The molecule has 1 amide bonds. The predicted molar refractivity (Wildman–Crippen MR) is 73.5 cm³/mol. The van der Waals surface area contributed by atoms with Crippen LogP contribution in [0.15, 0.2) is 0 Å². The van der Waals surface area contributed by atoms with E-state index in [1.807, 2.05) is 14.1 Å². The van der Waals surface area contributed by atoms with E-state index in [1.165, 1.54) is 32.1 Å². The molecule has 2 heterocycles. The number of hydrogen-bond donors (Lipinski definition) is 1. The first kappa shape index (κ1) is 13.8. The molecule has 0 bridgehead atoms. The molecule has 0 saturated carbocycles. The number of amides is 1. The highest BCUT2D eigenvalue weighted by molar-refractivity contribution is 5.77. The number of nitrogens with one attached hydrogen (secondary N) is 1. The number of rotatable bonds is 4. The molecule has 0 aromatic heterocycles. The molecule has 4 heteroatoms. The van der Waals surface area contributed by atoms with Crippen LogP contribution in [0.4, 0.5) is 0 Å². The number of nitrogens with zero attached hydrogens (tertiary/aromatic N) is 2. The van der Waals surface area contributed by atoms with Gasteiger partial charge < -0.3 is 15.1 Å². The van der Waals surface area contributed by atoms with Crippen LogP contribution < -0.4 is 5.32 Å². The Kier molecular flexibility index (Phi) is 5.01. The summed E-state index contributed by atoms with van der Waals surface area (Å²) in [4.78, 5) is 16.6. The molecular formula is C14H27N3O. The Bertz CT molecular complexity index is 274.